The van der Waals surface area contributed by atoms with Crippen molar-refractivity contribution in [3.63, 3.8) is 0 Å². The summed E-state index contributed by atoms with van der Waals surface area (Å²) < 4.78 is 39.8. The van der Waals surface area contributed by atoms with Gasteiger partial charge in [0.25, 0.3) is 0 Å². The summed E-state index contributed by atoms with van der Waals surface area (Å²) in [5.41, 5.74) is 0.762. The number of anilines is 2. The number of ether oxygens (including phenoxy) is 1. The maximum absolute atomic E-state index is 11.9. The van der Waals surface area contributed by atoms with Crippen LogP contribution < -0.4 is 15.5 Å². The van der Waals surface area contributed by atoms with E-state index in [0.717, 1.165) is 0 Å². The van der Waals surface area contributed by atoms with Crippen LogP contribution in [-0.4, -0.2) is 38.0 Å². The second-order valence-corrected chi connectivity index (χ2v) is 4.25. The topological polar surface area (TPSA) is 70.7 Å². The third-order valence-corrected chi connectivity index (χ3v) is 2.63. The van der Waals surface area contributed by atoms with E-state index >= 15 is 0 Å². The number of amides is 3. The Bertz CT molecular complexity index is 548. The van der Waals surface area contributed by atoms with Crippen molar-refractivity contribution in [2.45, 2.75) is 6.18 Å². The molecule has 0 atom stereocenters. The van der Waals surface area contributed by atoms with E-state index in [4.69, 9.17) is 0 Å². The number of hydrogen-bond acceptors (Lipinski definition) is 3. The molecule has 1 saturated heterocycles. The molecule has 2 N–H and O–H groups in total. The van der Waals surface area contributed by atoms with Crippen LogP contribution in [0.3, 0.4) is 0 Å². The number of hydrogen-bond donors (Lipinski definition) is 2. The first-order valence-corrected chi connectivity index (χ1v) is 6.01. The molecular weight excluding hydrogens is 291 g/mol. The number of carbonyl (C=O) groups excluding carboxylic acids is 2. The van der Waals surface area contributed by atoms with E-state index in [-0.39, 0.29) is 11.7 Å². The highest BCUT2D eigenvalue weighted by Crippen LogP contribution is 2.21. The quantitative estimate of drug-likeness (QED) is 0.900. The summed E-state index contributed by atoms with van der Waals surface area (Å²) >= 11 is 0. The third kappa shape index (κ3) is 4.26. The molecule has 0 spiro atoms. The first-order chi connectivity index (χ1) is 9.85. The van der Waals surface area contributed by atoms with E-state index in [0.29, 0.717) is 18.8 Å². The highest BCUT2D eigenvalue weighted by Gasteiger charge is 2.29. The maximum Gasteiger partial charge on any atom is 0.422 e. The first-order valence-electron chi connectivity index (χ1n) is 6.01. The van der Waals surface area contributed by atoms with Gasteiger partial charge in [0, 0.05) is 24.5 Å². The smallest absolute Gasteiger partial charge is 0.422 e. The Hall–Kier alpha value is -2.45. The van der Waals surface area contributed by atoms with Crippen LogP contribution in [-0.2, 0) is 4.74 Å². The predicted molar refractivity (Wildman–Crippen MR) is 68.2 cm³/mol. The minimum atomic E-state index is -4.58. The number of urea groups is 1. The molecule has 114 valence electrons. The number of alkyl halides is 3. The zero-order valence-corrected chi connectivity index (χ0v) is 10.7. The van der Waals surface area contributed by atoms with Gasteiger partial charge >= 0.3 is 18.3 Å². The standard InChI is InChI=1S/C12H12F3N3O3/c13-12(14,15)7-21-11(20)17-8-2-1-3-9(6-8)18-5-4-16-10(18)19/h1-3,6H,4-5,7H2,(H,16,19)(H,17,20). The largest absolute Gasteiger partial charge is 0.440 e. The molecule has 2 rings (SSSR count). The molecule has 0 unspecified atom stereocenters. The lowest BCUT2D eigenvalue weighted by atomic mass is 10.2. The van der Waals surface area contributed by atoms with Crippen LogP contribution in [0.1, 0.15) is 0 Å². The van der Waals surface area contributed by atoms with Crippen molar-refractivity contribution in [3.8, 4) is 0 Å². The molecule has 9 heteroatoms. The normalized spacial score (nSPS) is 14.8. The van der Waals surface area contributed by atoms with Crippen LogP contribution in [0.15, 0.2) is 24.3 Å². The molecule has 1 heterocycles. The van der Waals surface area contributed by atoms with E-state index in [1.54, 1.807) is 12.1 Å². The van der Waals surface area contributed by atoms with Crippen molar-refractivity contribution in [3.05, 3.63) is 24.3 Å². The number of rotatable bonds is 3. The number of carbonyl (C=O) groups is 2. The predicted octanol–water partition coefficient (Wildman–Crippen LogP) is 2.33. The van der Waals surface area contributed by atoms with Crippen LogP contribution in [0.4, 0.5) is 34.1 Å². The number of benzene rings is 1. The summed E-state index contributed by atoms with van der Waals surface area (Å²) in [6.45, 7) is -0.683. The molecule has 0 saturated carbocycles. The van der Waals surface area contributed by atoms with E-state index in [2.05, 4.69) is 15.4 Å². The average Bonchev–Trinajstić information content (AvgIpc) is 2.82. The highest BCUT2D eigenvalue weighted by molar-refractivity contribution is 5.95. The lowest BCUT2D eigenvalue weighted by Gasteiger charge is -2.15. The lowest BCUT2D eigenvalue weighted by Crippen LogP contribution is -2.27. The van der Waals surface area contributed by atoms with Crippen molar-refractivity contribution < 1.29 is 27.5 Å². The molecule has 1 fully saturated rings. The van der Waals surface area contributed by atoms with E-state index < -0.39 is 18.9 Å². The van der Waals surface area contributed by atoms with Gasteiger partial charge < -0.3 is 10.1 Å². The van der Waals surface area contributed by atoms with Crippen molar-refractivity contribution >= 4 is 23.5 Å². The molecule has 1 aliphatic rings. The van der Waals surface area contributed by atoms with Crippen molar-refractivity contribution in [2.75, 3.05) is 29.9 Å². The number of nitrogens with one attached hydrogen (secondary N) is 2. The Kier molecular flexibility index (Phi) is 4.20. The second kappa shape index (κ2) is 5.90. The van der Waals surface area contributed by atoms with Crippen LogP contribution >= 0.6 is 0 Å². The second-order valence-electron chi connectivity index (χ2n) is 4.25. The Morgan fingerprint density at radius 2 is 2.19 bits per heavy atom. The van der Waals surface area contributed by atoms with Gasteiger partial charge in [-0.25, -0.2) is 9.59 Å². The average molecular weight is 303 g/mol. The van der Waals surface area contributed by atoms with Gasteiger partial charge in [0.1, 0.15) is 0 Å². The van der Waals surface area contributed by atoms with Gasteiger partial charge in [0.05, 0.1) is 0 Å². The van der Waals surface area contributed by atoms with Gasteiger partial charge in [-0.05, 0) is 18.2 Å². The van der Waals surface area contributed by atoms with Crippen LogP contribution in [0, 0.1) is 0 Å². The number of nitrogens with zero attached hydrogens (tertiary/aromatic N) is 1. The molecule has 3 amide bonds. The minimum absolute atomic E-state index is 0.236. The van der Waals surface area contributed by atoms with Crippen molar-refractivity contribution in [2.24, 2.45) is 0 Å². The molecule has 1 aliphatic heterocycles. The maximum atomic E-state index is 11.9. The van der Waals surface area contributed by atoms with Gasteiger partial charge in [-0.3, -0.25) is 10.2 Å². The van der Waals surface area contributed by atoms with Gasteiger partial charge in [0.15, 0.2) is 6.61 Å². The summed E-state index contributed by atoms with van der Waals surface area (Å²) in [5.74, 6) is 0. The monoisotopic (exact) mass is 303 g/mol. The fourth-order valence-corrected chi connectivity index (χ4v) is 1.77. The Labute approximate surface area is 117 Å². The van der Waals surface area contributed by atoms with E-state index in [9.17, 15) is 22.8 Å². The van der Waals surface area contributed by atoms with Gasteiger partial charge in [-0.15, -0.1) is 0 Å². The number of halogens is 3. The summed E-state index contributed by atoms with van der Waals surface area (Å²) in [4.78, 5) is 24.2. The van der Waals surface area contributed by atoms with Crippen LogP contribution in [0.5, 0.6) is 0 Å². The van der Waals surface area contributed by atoms with E-state index in [1.807, 2.05) is 0 Å². The van der Waals surface area contributed by atoms with Crippen molar-refractivity contribution in [1.29, 1.82) is 0 Å². The summed E-state index contributed by atoms with van der Waals surface area (Å²) in [7, 11) is 0. The molecule has 0 radical (unpaired) electrons. The molecule has 0 bridgehead atoms. The minimum Gasteiger partial charge on any atom is -0.440 e. The van der Waals surface area contributed by atoms with Gasteiger partial charge in [0.2, 0.25) is 0 Å². The molecule has 0 aromatic heterocycles. The summed E-state index contributed by atoms with van der Waals surface area (Å²) in [6, 6.07) is 5.90. The molecular formula is C12H12F3N3O3. The molecule has 0 aliphatic carbocycles. The first kappa shape index (κ1) is 14.9. The molecule has 21 heavy (non-hydrogen) atoms. The summed E-state index contributed by atoms with van der Waals surface area (Å²) in [6.07, 6.45) is -5.79. The highest BCUT2D eigenvalue weighted by atomic mass is 19.4. The van der Waals surface area contributed by atoms with Gasteiger partial charge in [-0.1, -0.05) is 6.07 Å². The van der Waals surface area contributed by atoms with Gasteiger partial charge in [-0.2, -0.15) is 13.2 Å². The third-order valence-electron chi connectivity index (χ3n) is 2.63. The fraction of sp³-hybridized carbons (Fsp3) is 0.333. The molecule has 6 nitrogen and oxygen atoms in total. The SMILES string of the molecule is O=C(Nc1cccc(N2CCNC2=O)c1)OCC(F)(F)F. The Balaban J connectivity index is 1.98. The zero-order valence-electron chi connectivity index (χ0n) is 10.7. The Morgan fingerprint density at radius 3 is 2.81 bits per heavy atom. The zero-order chi connectivity index (χ0) is 15.5. The summed E-state index contributed by atoms with van der Waals surface area (Å²) in [5, 5.41) is 4.79. The van der Waals surface area contributed by atoms with Crippen molar-refractivity contribution in [1.82, 2.24) is 5.32 Å². The van der Waals surface area contributed by atoms with Crippen LogP contribution in [0.25, 0.3) is 0 Å². The molecule has 1 aromatic rings. The fourth-order valence-electron chi connectivity index (χ4n) is 1.77. The van der Waals surface area contributed by atoms with E-state index in [1.165, 1.54) is 17.0 Å². The Morgan fingerprint density at radius 1 is 1.43 bits per heavy atom. The van der Waals surface area contributed by atoms with Crippen LogP contribution in [0.2, 0.25) is 0 Å². The lowest BCUT2D eigenvalue weighted by molar-refractivity contribution is -0.159. The molecule has 1 aromatic carbocycles.